The fraction of sp³-hybridized carbons (Fsp3) is 0.263. The largest absolute Gasteiger partial charge is 0.494 e. The first-order chi connectivity index (χ1) is 12.9. The minimum atomic E-state index is -0.716. The standard InChI is InChI=1S/C19H22ClN3O3S/c1-4-25-15-7-9-16(10-8-15)26-13(3)18(24)22-23-19(27)21-14-6-5-12(2)17(20)11-14/h5-11,13H,4H2,1-3H3,(H,22,24)(H2,21,23,27)/t13-/m1/s1. The predicted molar refractivity (Wildman–Crippen MR) is 111 cm³/mol. The Bertz CT molecular complexity index is 799. The van der Waals surface area contributed by atoms with Crippen molar-refractivity contribution >= 4 is 40.5 Å². The number of ether oxygens (including phenoxy) is 2. The van der Waals surface area contributed by atoms with Crippen LogP contribution < -0.4 is 25.6 Å². The molecule has 2 aromatic rings. The fourth-order valence-corrected chi connectivity index (χ4v) is 2.44. The first-order valence-electron chi connectivity index (χ1n) is 8.41. The van der Waals surface area contributed by atoms with Crippen LogP contribution in [-0.4, -0.2) is 23.7 Å². The fourth-order valence-electron chi connectivity index (χ4n) is 2.09. The average molecular weight is 408 g/mol. The number of carbonyl (C=O) groups is 1. The molecule has 0 bridgehead atoms. The number of benzene rings is 2. The number of amides is 1. The van der Waals surface area contributed by atoms with Crippen LogP contribution in [-0.2, 0) is 4.79 Å². The molecule has 0 aliphatic heterocycles. The highest BCUT2D eigenvalue weighted by atomic mass is 35.5. The number of halogens is 1. The molecule has 0 fully saturated rings. The third kappa shape index (κ3) is 6.62. The molecule has 2 rings (SSSR count). The van der Waals surface area contributed by atoms with Gasteiger partial charge in [-0.3, -0.25) is 15.6 Å². The molecule has 8 heteroatoms. The molecule has 0 aromatic heterocycles. The molecule has 27 heavy (non-hydrogen) atoms. The molecule has 1 amide bonds. The van der Waals surface area contributed by atoms with Crippen molar-refractivity contribution in [1.82, 2.24) is 10.9 Å². The minimum absolute atomic E-state index is 0.233. The first kappa shape index (κ1) is 20.8. The second-order valence-electron chi connectivity index (χ2n) is 5.70. The molecule has 0 aliphatic carbocycles. The third-order valence-corrected chi connectivity index (χ3v) is 4.16. The van der Waals surface area contributed by atoms with E-state index >= 15 is 0 Å². The summed E-state index contributed by atoms with van der Waals surface area (Å²) in [4.78, 5) is 12.1. The van der Waals surface area contributed by atoms with Gasteiger partial charge in [-0.25, -0.2) is 0 Å². The van der Waals surface area contributed by atoms with E-state index in [1.807, 2.05) is 26.0 Å². The van der Waals surface area contributed by atoms with Crippen molar-refractivity contribution in [3.63, 3.8) is 0 Å². The van der Waals surface area contributed by atoms with Crippen molar-refractivity contribution in [2.24, 2.45) is 0 Å². The van der Waals surface area contributed by atoms with Gasteiger partial charge in [-0.1, -0.05) is 17.7 Å². The van der Waals surface area contributed by atoms with Gasteiger partial charge in [0.15, 0.2) is 11.2 Å². The number of nitrogens with one attached hydrogen (secondary N) is 3. The van der Waals surface area contributed by atoms with Crippen molar-refractivity contribution in [1.29, 1.82) is 0 Å². The summed E-state index contributed by atoms with van der Waals surface area (Å²) in [5.41, 5.74) is 6.83. The van der Waals surface area contributed by atoms with Gasteiger partial charge in [0.1, 0.15) is 11.5 Å². The molecule has 1 atom stereocenters. The van der Waals surface area contributed by atoms with Gasteiger partial charge in [0.05, 0.1) is 6.61 Å². The van der Waals surface area contributed by atoms with Gasteiger partial charge in [0.25, 0.3) is 5.91 Å². The van der Waals surface area contributed by atoms with E-state index < -0.39 is 6.10 Å². The second kappa shape index (κ2) is 9.99. The smallest absolute Gasteiger partial charge is 0.279 e. The first-order valence-corrected chi connectivity index (χ1v) is 9.20. The van der Waals surface area contributed by atoms with E-state index in [0.29, 0.717) is 17.4 Å². The van der Waals surface area contributed by atoms with Gasteiger partial charge in [0.2, 0.25) is 0 Å². The molecular formula is C19H22ClN3O3S. The van der Waals surface area contributed by atoms with Gasteiger partial charge >= 0.3 is 0 Å². The average Bonchev–Trinajstić information content (AvgIpc) is 2.64. The number of hydrogen-bond acceptors (Lipinski definition) is 4. The zero-order valence-corrected chi connectivity index (χ0v) is 16.9. The zero-order valence-electron chi connectivity index (χ0n) is 15.3. The summed E-state index contributed by atoms with van der Waals surface area (Å²) in [6, 6.07) is 12.5. The monoisotopic (exact) mass is 407 g/mol. The highest BCUT2D eigenvalue weighted by Gasteiger charge is 2.15. The van der Waals surface area contributed by atoms with Crippen LogP contribution in [0.2, 0.25) is 5.02 Å². The number of anilines is 1. The Hall–Kier alpha value is -2.51. The van der Waals surface area contributed by atoms with Crippen LogP contribution in [0.4, 0.5) is 5.69 Å². The Morgan fingerprint density at radius 2 is 1.81 bits per heavy atom. The quantitative estimate of drug-likeness (QED) is 0.499. The van der Waals surface area contributed by atoms with E-state index in [0.717, 1.165) is 17.0 Å². The Balaban J connectivity index is 1.79. The second-order valence-corrected chi connectivity index (χ2v) is 6.51. The number of hydrogen-bond donors (Lipinski definition) is 3. The molecule has 0 saturated heterocycles. The lowest BCUT2D eigenvalue weighted by Crippen LogP contribution is -2.48. The maximum atomic E-state index is 12.1. The minimum Gasteiger partial charge on any atom is -0.494 e. The van der Waals surface area contributed by atoms with E-state index in [1.165, 1.54) is 0 Å². The number of carbonyl (C=O) groups excluding carboxylic acids is 1. The SMILES string of the molecule is CCOc1ccc(O[C@H](C)C(=O)NNC(=S)Nc2ccc(C)c(Cl)c2)cc1. The topological polar surface area (TPSA) is 71.6 Å². The maximum Gasteiger partial charge on any atom is 0.279 e. The summed E-state index contributed by atoms with van der Waals surface area (Å²) in [5, 5.41) is 3.80. The van der Waals surface area contributed by atoms with Crippen LogP contribution in [0, 0.1) is 6.92 Å². The van der Waals surface area contributed by atoms with Crippen LogP contribution in [0.25, 0.3) is 0 Å². The number of aryl methyl sites for hydroxylation is 1. The van der Waals surface area contributed by atoms with Crippen LogP contribution in [0.15, 0.2) is 42.5 Å². The van der Waals surface area contributed by atoms with Crippen LogP contribution in [0.3, 0.4) is 0 Å². The highest BCUT2D eigenvalue weighted by Crippen LogP contribution is 2.20. The third-order valence-electron chi connectivity index (χ3n) is 3.55. The normalized spacial score (nSPS) is 11.3. The van der Waals surface area contributed by atoms with E-state index in [1.54, 1.807) is 37.3 Å². The zero-order chi connectivity index (χ0) is 19.8. The molecule has 0 spiro atoms. The van der Waals surface area contributed by atoms with Crippen LogP contribution in [0.1, 0.15) is 19.4 Å². The lowest BCUT2D eigenvalue weighted by atomic mass is 10.2. The highest BCUT2D eigenvalue weighted by molar-refractivity contribution is 7.80. The van der Waals surface area contributed by atoms with Crippen molar-refractivity contribution in [2.45, 2.75) is 26.9 Å². The van der Waals surface area contributed by atoms with E-state index in [4.69, 9.17) is 33.3 Å². The Morgan fingerprint density at radius 1 is 1.15 bits per heavy atom. The molecule has 3 N–H and O–H groups in total. The Kier molecular flexibility index (Phi) is 7.69. The molecule has 0 aliphatic rings. The van der Waals surface area contributed by atoms with Gasteiger partial charge in [-0.05, 0) is 75.0 Å². The summed E-state index contributed by atoms with van der Waals surface area (Å²) in [6.45, 7) is 6.06. The number of hydrazine groups is 1. The van der Waals surface area contributed by atoms with E-state index in [9.17, 15) is 4.79 Å². The molecule has 6 nitrogen and oxygen atoms in total. The van der Waals surface area contributed by atoms with Gasteiger partial charge < -0.3 is 14.8 Å². The summed E-state index contributed by atoms with van der Waals surface area (Å²) in [6.07, 6.45) is -0.716. The summed E-state index contributed by atoms with van der Waals surface area (Å²) >= 11 is 11.2. The molecule has 144 valence electrons. The maximum absolute atomic E-state index is 12.1. The molecule has 0 saturated carbocycles. The van der Waals surface area contributed by atoms with Gasteiger partial charge in [0, 0.05) is 10.7 Å². The van der Waals surface area contributed by atoms with E-state index in [2.05, 4.69) is 16.2 Å². The molecule has 0 radical (unpaired) electrons. The lowest BCUT2D eigenvalue weighted by Gasteiger charge is -2.17. The van der Waals surface area contributed by atoms with Crippen molar-refractivity contribution in [3.05, 3.63) is 53.1 Å². The summed E-state index contributed by atoms with van der Waals surface area (Å²) in [7, 11) is 0. The van der Waals surface area contributed by atoms with E-state index in [-0.39, 0.29) is 11.0 Å². The van der Waals surface area contributed by atoms with Crippen LogP contribution in [0.5, 0.6) is 11.5 Å². The Labute approximate surface area is 169 Å². The summed E-state index contributed by atoms with van der Waals surface area (Å²) in [5.74, 6) is 0.947. The predicted octanol–water partition coefficient (Wildman–Crippen LogP) is 3.83. The molecule has 0 unspecified atom stereocenters. The lowest BCUT2D eigenvalue weighted by molar-refractivity contribution is -0.127. The van der Waals surface area contributed by atoms with Crippen molar-refractivity contribution in [2.75, 3.05) is 11.9 Å². The van der Waals surface area contributed by atoms with Gasteiger partial charge in [-0.2, -0.15) is 0 Å². The Morgan fingerprint density at radius 3 is 2.44 bits per heavy atom. The number of rotatable bonds is 6. The summed E-state index contributed by atoms with van der Waals surface area (Å²) < 4.78 is 11.0. The molecule has 0 heterocycles. The number of thiocarbonyl (C=S) groups is 1. The molecule has 2 aromatic carbocycles. The van der Waals surface area contributed by atoms with Crippen molar-refractivity contribution < 1.29 is 14.3 Å². The molecular weight excluding hydrogens is 386 g/mol. The van der Waals surface area contributed by atoms with Gasteiger partial charge in [-0.15, -0.1) is 0 Å². The van der Waals surface area contributed by atoms with Crippen LogP contribution >= 0.6 is 23.8 Å². The van der Waals surface area contributed by atoms with Crippen molar-refractivity contribution in [3.8, 4) is 11.5 Å².